The van der Waals surface area contributed by atoms with E-state index >= 15 is 0 Å². The van der Waals surface area contributed by atoms with E-state index in [1.54, 1.807) is 24.3 Å². The van der Waals surface area contributed by atoms with Crippen LogP contribution in [0.3, 0.4) is 0 Å². The SMILES string of the molecule is Nc1ccccc1C(=O)NCC1CCN(S(=O)(=O)C(F)F)CC1. The number of rotatable bonds is 5. The Kier molecular flexibility index (Phi) is 5.53. The van der Waals surface area contributed by atoms with E-state index < -0.39 is 15.8 Å². The average molecular weight is 347 g/mol. The summed E-state index contributed by atoms with van der Waals surface area (Å²) in [7, 11) is -4.51. The fraction of sp³-hybridized carbons (Fsp3) is 0.500. The summed E-state index contributed by atoms with van der Waals surface area (Å²) >= 11 is 0. The minimum Gasteiger partial charge on any atom is -0.398 e. The Hall–Kier alpha value is -1.74. The molecule has 3 N–H and O–H groups in total. The molecule has 1 aliphatic heterocycles. The molecule has 0 aliphatic carbocycles. The molecule has 0 aromatic heterocycles. The predicted molar refractivity (Wildman–Crippen MR) is 82.4 cm³/mol. The molecule has 128 valence electrons. The highest BCUT2D eigenvalue weighted by atomic mass is 32.2. The Morgan fingerprint density at radius 3 is 2.48 bits per heavy atom. The van der Waals surface area contributed by atoms with Crippen molar-refractivity contribution in [3.8, 4) is 0 Å². The summed E-state index contributed by atoms with van der Waals surface area (Å²) in [4.78, 5) is 12.0. The quantitative estimate of drug-likeness (QED) is 0.785. The van der Waals surface area contributed by atoms with Crippen LogP contribution in [0.1, 0.15) is 23.2 Å². The number of hydrogen-bond donors (Lipinski definition) is 2. The molecule has 0 atom stereocenters. The van der Waals surface area contributed by atoms with Crippen LogP contribution in [0, 0.1) is 5.92 Å². The summed E-state index contributed by atoms with van der Waals surface area (Å²) < 4.78 is 48.5. The summed E-state index contributed by atoms with van der Waals surface area (Å²) in [6.07, 6.45) is 0.854. The molecule has 6 nitrogen and oxygen atoms in total. The second-order valence-corrected chi connectivity index (χ2v) is 7.35. The van der Waals surface area contributed by atoms with Crippen molar-refractivity contribution < 1.29 is 22.0 Å². The number of nitrogens with two attached hydrogens (primary N) is 1. The third-order valence-corrected chi connectivity index (χ3v) is 5.45. The van der Waals surface area contributed by atoms with Crippen molar-refractivity contribution in [2.45, 2.75) is 18.6 Å². The van der Waals surface area contributed by atoms with Gasteiger partial charge in [-0.05, 0) is 30.9 Å². The molecule has 1 saturated heterocycles. The number of hydrogen-bond acceptors (Lipinski definition) is 4. The maximum absolute atomic E-state index is 12.5. The molecule has 2 rings (SSSR count). The lowest BCUT2D eigenvalue weighted by Crippen LogP contribution is -2.43. The van der Waals surface area contributed by atoms with Gasteiger partial charge in [0.05, 0.1) is 5.56 Å². The Balaban J connectivity index is 1.84. The van der Waals surface area contributed by atoms with Gasteiger partial charge in [-0.2, -0.15) is 13.1 Å². The fourth-order valence-corrected chi connectivity index (χ4v) is 3.46. The van der Waals surface area contributed by atoms with Crippen molar-refractivity contribution in [1.29, 1.82) is 0 Å². The molecule has 1 aromatic carbocycles. The minimum atomic E-state index is -4.51. The normalized spacial score (nSPS) is 17.3. The first-order valence-electron chi connectivity index (χ1n) is 7.22. The number of nitrogen functional groups attached to an aromatic ring is 1. The van der Waals surface area contributed by atoms with Gasteiger partial charge in [-0.1, -0.05) is 12.1 Å². The Morgan fingerprint density at radius 1 is 1.30 bits per heavy atom. The number of carbonyl (C=O) groups is 1. The third kappa shape index (κ3) is 4.17. The van der Waals surface area contributed by atoms with Gasteiger partial charge in [0.15, 0.2) is 0 Å². The number of anilines is 1. The van der Waals surface area contributed by atoms with Gasteiger partial charge in [0.1, 0.15) is 0 Å². The van der Waals surface area contributed by atoms with Crippen molar-refractivity contribution in [3.63, 3.8) is 0 Å². The van der Waals surface area contributed by atoms with Crippen LogP contribution >= 0.6 is 0 Å². The molecule has 1 aliphatic rings. The third-order valence-electron chi connectivity index (χ3n) is 3.92. The van der Waals surface area contributed by atoms with Crippen LogP contribution in [-0.2, 0) is 10.0 Å². The molecule has 1 aromatic rings. The van der Waals surface area contributed by atoms with Gasteiger partial charge in [0.25, 0.3) is 15.9 Å². The van der Waals surface area contributed by atoms with Crippen LogP contribution in [0.4, 0.5) is 14.5 Å². The van der Waals surface area contributed by atoms with E-state index in [4.69, 9.17) is 5.73 Å². The number of piperidine rings is 1. The highest BCUT2D eigenvalue weighted by Gasteiger charge is 2.34. The summed E-state index contributed by atoms with van der Waals surface area (Å²) in [5.74, 6) is -3.64. The van der Waals surface area contributed by atoms with Crippen LogP contribution in [0.25, 0.3) is 0 Å². The molecule has 23 heavy (non-hydrogen) atoms. The van der Waals surface area contributed by atoms with Gasteiger partial charge in [0, 0.05) is 25.3 Å². The van der Waals surface area contributed by atoms with Crippen LogP contribution in [-0.4, -0.2) is 44.0 Å². The van der Waals surface area contributed by atoms with Crippen LogP contribution in [0.5, 0.6) is 0 Å². The number of alkyl halides is 2. The van der Waals surface area contributed by atoms with Gasteiger partial charge in [-0.25, -0.2) is 8.42 Å². The highest BCUT2D eigenvalue weighted by molar-refractivity contribution is 7.89. The van der Waals surface area contributed by atoms with Gasteiger partial charge < -0.3 is 11.1 Å². The monoisotopic (exact) mass is 347 g/mol. The van der Waals surface area contributed by atoms with Crippen LogP contribution in [0.2, 0.25) is 0 Å². The number of nitrogens with zero attached hydrogens (tertiary/aromatic N) is 1. The second kappa shape index (κ2) is 7.22. The maximum atomic E-state index is 12.5. The predicted octanol–water partition coefficient (Wildman–Crippen LogP) is 1.26. The lowest BCUT2D eigenvalue weighted by molar-refractivity contribution is 0.0942. The van der Waals surface area contributed by atoms with Gasteiger partial charge in [-0.3, -0.25) is 4.79 Å². The topological polar surface area (TPSA) is 92.5 Å². The maximum Gasteiger partial charge on any atom is 0.350 e. The second-order valence-electron chi connectivity index (χ2n) is 5.45. The molecular weight excluding hydrogens is 328 g/mol. The highest BCUT2D eigenvalue weighted by Crippen LogP contribution is 2.22. The molecule has 0 saturated carbocycles. The molecule has 0 spiro atoms. The van der Waals surface area contributed by atoms with E-state index in [1.807, 2.05) is 0 Å². The molecule has 1 heterocycles. The summed E-state index contributed by atoms with van der Waals surface area (Å²) in [5, 5.41) is 2.75. The zero-order valence-electron chi connectivity index (χ0n) is 12.4. The lowest BCUT2D eigenvalue weighted by Gasteiger charge is -2.30. The van der Waals surface area contributed by atoms with E-state index in [1.165, 1.54) is 0 Å². The van der Waals surface area contributed by atoms with Crippen molar-refractivity contribution in [1.82, 2.24) is 9.62 Å². The minimum absolute atomic E-state index is 0.0423. The van der Waals surface area contributed by atoms with Crippen molar-refractivity contribution in [3.05, 3.63) is 29.8 Å². The smallest absolute Gasteiger partial charge is 0.350 e. The van der Waals surface area contributed by atoms with E-state index in [2.05, 4.69) is 5.32 Å². The molecule has 9 heteroatoms. The first-order chi connectivity index (χ1) is 10.8. The summed E-state index contributed by atoms with van der Waals surface area (Å²) in [6, 6.07) is 6.68. The van der Waals surface area contributed by atoms with E-state index in [9.17, 15) is 22.0 Å². The van der Waals surface area contributed by atoms with Crippen molar-refractivity contribution >= 4 is 21.6 Å². The van der Waals surface area contributed by atoms with Crippen molar-refractivity contribution in [2.75, 3.05) is 25.4 Å². The van der Waals surface area contributed by atoms with Gasteiger partial charge in [-0.15, -0.1) is 0 Å². The number of amides is 1. The first-order valence-corrected chi connectivity index (χ1v) is 8.72. The first kappa shape index (κ1) is 17.6. The Labute approximate surface area is 133 Å². The largest absolute Gasteiger partial charge is 0.398 e. The number of benzene rings is 1. The number of carbonyl (C=O) groups excluding carboxylic acids is 1. The molecule has 0 bridgehead atoms. The van der Waals surface area contributed by atoms with Crippen LogP contribution < -0.4 is 11.1 Å². The molecule has 0 radical (unpaired) electrons. The molecular formula is C14H19F2N3O3S. The van der Waals surface area contributed by atoms with E-state index in [-0.39, 0.29) is 24.9 Å². The van der Waals surface area contributed by atoms with E-state index in [0.29, 0.717) is 30.6 Å². The van der Waals surface area contributed by atoms with Crippen molar-refractivity contribution in [2.24, 2.45) is 5.92 Å². The lowest BCUT2D eigenvalue weighted by atomic mass is 9.98. The molecule has 1 amide bonds. The summed E-state index contributed by atoms with van der Waals surface area (Å²) in [6.45, 7) is 0.442. The standard InChI is InChI=1S/C14H19F2N3O3S/c15-14(16)23(21,22)19-7-5-10(6-8-19)9-18-13(20)11-3-1-2-4-12(11)17/h1-4,10,14H,5-9,17H2,(H,18,20). The van der Waals surface area contributed by atoms with Gasteiger partial charge >= 0.3 is 5.76 Å². The Bertz CT molecular complexity index is 659. The number of nitrogens with one attached hydrogen (secondary N) is 1. The molecule has 1 fully saturated rings. The number of para-hydroxylation sites is 1. The van der Waals surface area contributed by atoms with Crippen LogP contribution in [0.15, 0.2) is 24.3 Å². The Morgan fingerprint density at radius 2 is 1.91 bits per heavy atom. The van der Waals surface area contributed by atoms with Gasteiger partial charge in [0.2, 0.25) is 0 Å². The summed E-state index contributed by atoms with van der Waals surface area (Å²) in [5.41, 5.74) is 6.48. The zero-order valence-corrected chi connectivity index (χ0v) is 13.2. The van der Waals surface area contributed by atoms with E-state index in [0.717, 1.165) is 4.31 Å². The zero-order chi connectivity index (χ0) is 17.0. The molecule has 0 unspecified atom stereocenters. The number of halogens is 2. The average Bonchev–Trinajstić information content (AvgIpc) is 2.53. The fourth-order valence-electron chi connectivity index (χ4n) is 2.52. The number of sulfonamides is 1.